The summed E-state index contributed by atoms with van der Waals surface area (Å²) in [5.74, 6) is 0.0642. The van der Waals surface area contributed by atoms with Crippen molar-refractivity contribution in [3.05, 3.63) is 59.7 Å². The van der Waals surface area contributed by atoms with Gasteiger partial charge < -0.3 is 30.4 Å². The lowest BCUT2D eigenvalue weighted by atomic mass is 10.1. The minimum atomic E-state index is -4.61. The van der Waals surface area contributed by atoms with Crippen LogP contribution in [0.25, 0.3) is 0 Å². The summed E-state index contributed by atoms with van der Waals surface area (Å²) in [5.41, 5.74) is 1.34. The zero-order valence-corrected chi connectivity index (χ0v) is 28.1. The second-order valence-corrected chi connectivity index (χ2v) is 15.6. The van der Waals surface area contributed by atoms with Crippen LogP contribution in [0.2, 0.25) is 0 Å². The van der Waals surface area contributed by atoms with Crippen molar-refractivity contribution >= 4 is 33.5 Å². The fraction of sp³-hybridized carbons (Fsp3) is 0.515. The third-order valence-corrected chi connectivity index (χ3v) is 11.1. The number of amides is 1. The third kappa shape index (κ3) is 8.73. The van der Waals surface area contributed by atoms with E-state index in [0.717, 1.165) is 38.0 Å². The molecule has 3 saturated carbocycles. The fourth-order valence-corrected chi connectivity index (χ4v) is 7.19. The summed E-state index contributed by atoms with van der Waals surface area (Å²) in [7, 11) is -3.53. The van der Waals surface area contributed by atoms with Crippen molar-refractivity contribution in [1.29, 1.82) is 0 Å². The predicted octanol–water partition coefficient (Wildman–Crippen LogP) is 4.64. The number of nitrogens with one attached hydrogen (secondary N) is 4. The number of hydrogen-bond acceptors (Lipinski definition) is 11. The summed E-state index contributed by atoms with van der Waals surface area (Å²) in [6.45, 7) is 2.31. The van der Waals surface area contributed by atoms with Gasteiger partial charge in [0, 0.05) is 29.8 Å². The minimum Gasteiger partial charge on any atom is -0.454 e. The number of nitrogens with zero attached hydrogens (tertiary/aromatic N) is 4. The van der Waals surface area contributed by atoms with E-state index in [0.29, 0.717) is 49.2 Å². The molecule has 4 N–H and O–H groups in total. The maximum Gasteiger partial charge on any atom is 0.422 e. The van der Waals surface area contributed by atoms with Gasteiger partial charge in [0.05, 0.1) is 10.8 Å². The van der Waals surface area contributed by atoms with Gasteiger partial charge in [0.15, 0.2) is 6.61 Å². The molecule has 13 nitrogen and oxygen atoms in total. The molecule has 17 heteroatoms. The Hall–Kier alpha value is -4.22. The van der Waals surface area contributed by atoms with Crippen LogP contribution in [-0.4, -0.2) is 78.4 Å². The fourth-order valence-electron chi connectivity index (χ4n) is 6.09. The van der Waals surface area contributed by atoms with Crippen molar-refractivity contribution in [3.63, 3.8) is 0 Å². The molecule has 4 aliphatic rings. The van der Waals surface area contributed by atoms with E-state index >= 15 is 0 Å². The Morgan fingerprint density at radius 1 is 0.920 bits per heavy atom. The molecule has 0 spiro atoms. The molecule has 2 heterocycles. The van der Waals surface area contributed by atoms with Gasteiger partial charge in [-0.3, -0.25) is 4.79 Å². The largest absolute Gasteiger partial charge is 0.454 e. The topological polar surface area (TPSA) is 160 Å². The predicted molar refractivity (Wildman–Crippen MR) is 177 cm³/mol. The molecule has 1 amide bonds. The molecule has 4 fully saturated rings. The standard InChI is InChI=1S/C33H39F3N8O5S/c34-33(35,36)21-48-30-40-28(38-24-7-3-22(4-8-24)27(45)37-19-31(13-14-31)20-44-17-1-2-18-44)39-29(41-30)42-32(15-16-32)23-5-9-25(10-6-23)49-43-50(46,47)26-11-12-26/h3-10,26,43H,1-2,11-21H2,(H,37,45)(H2,38,39,40,41,42). The Balaban J connectivity index is 0.999. The summed E-state index contributed by atoms with van der Waals surface area (Å²) in [4.78, 5) is 35.3. The lowest BCUT2D eigenvalue weighted by Crippen LogP contribution is -2.37. The van der Waals surface area contributed by atoms with E-state index in [-0.39, 0.29) is 23.2 Å². The number of likely N-dealkylation sites (tertiary alicyclic amines) is 1. The van der Waals surface area contributed by atoms with E-state index in [4.69, 9.17) is 9.57 Å². The normalized spacial score (nSPS) is 19.4. The highest BCUT2D eigenvalue weighted by molar-refractivity contribution is 7.90. The molecule has 3 aromatic rings. The van der Waals surface area contributed by atoms with Crippen LogP contribution in [0.5, 0.6) is 11.8 Å². The first kappa shape index (κ1) is 34.2. The Morgan fingerprint density at radius 3 is 2.22 bits per heavy atom. The van der Waals surface area contributed by atoms with Crippen LogP contribution < -0.4 is 30.4 Å². The quantitative estimate of drug-likeness (QED) is 0.153. The number of carbonyl (C=O) groups excluding carboxylic acids is 1. The molecule has 268 valence electrons. The highest BCUT2D eigenvalue weighted by atomic mass is 32.2. The van der Waals surface area contributed by atoms with E-state index in [1.165, 1.54) is 12.8 Å². The summed E-state index contributed by atoms with van der Waals surface area (Å²) < 4.78 is 68.0. The molecule has 1 aliphatic heterocycles. The average molecular weight is 717 g/mol. The highest BCUT2D eigenvalue weighted by Crippen LogP contribution is 2.48. The van der Waals surface area contributed by atoms with Gasteiger partial charge in [-0.05, 0) is 111 Å². The third-order valence-electron chi connectivity index (χ3n) is 9.47. The second-order valence-electron chi connectivity index (χ2n) is 13.7. The Morgan fingerprint density at radius 2 is 1.60 bits per heavy atom. The number of rotatable bonds is 16. The van der Waals surface area contributed by atoms with Gasteiger partial charge in [-0.2, -0.15) is 28.1 Å². The molecule has 1 saturated heterocycles. The number of benzene rings is 2. The number of carbonyl (C=O) groups is 1. The lowest BCUT2D eigenvalue weighted by molar-refractivity contribution is -0.154. The first-order valence-corrected chi connectivity index (χ1v) is 18.3. The second kappa shape index (κ2) is 13.5. The Kier molecular flexibility index (Phi) is 9.23. The van der Waals surface area contributed by atoms with Crippen LogP contribution in [0.4, 0.5) is 30.8 Å². The molecule has 1 aromatic heterocycles. The van der Waals surface area contributed by atoms with Crippen molar-refractivity contribution in [2.24, 2.45) is 5.41 Å². The summed E-state index contributed by atoms with van der Waals surface area (Å²) >= 11 is 0. The zero-order valence-electron chi connectivity index (χ0n) is 27.3. The van der Waals surface area contributed by atoms with Gasteiger partial charge in [0.25, 0.3) is 5.91 Å². The summed E-state index contributed by atoms with van der Waals surface area (Å²) in [6, 6.07) is 12.9. The van der Waals surface area contributed by atoms with E-state index < -0.39 is 39.6 Å². The highest BCUT2D eigenvalue weighted by Gasteiger charge is 2.46. The first-order valence-electron chi connectivity index (χ1n) is 16.8. The van der Waals surface area contributed by atoms with Gasteiger partial charge in [0.2, 0.25) is 21.9 Å². The maximum absolute atomic E-state index is 13.0. The number of hydrogen-bond donors (Lipinski definition) is 4. The smallest absolute Gasteiger partial charge is 0.422 e. The zero-order chi connectivity index (χ0) is 35.0. The van der Waals surface area contributed by atoms with Crippen LogP contribution in [0, 0.1) is 5.41 Å². The number of aromatic nitrogens is 3. The number of anilines is 3. The number of halogens is 3. The molecule has 3 aliphatic carbocycles. The van der Waals surface area contributed by atoms with Crippen molar-refractivity contribution in [3.8, 4) is 11.8 Å². The molecule has 0 radical (unpaired) electrons. The van der Waals surface area contributed by atoms with Gasteiger partial charge in [-0.15, -0.1) is 0 Å². The summed E-state index contributed by atoms with van der Waals surface area (Å²) in [6.07, 6.45) is 2.64. The molecular formula is C33H39F3N8O5S. The van der Waals surface area contributed by atoms with Crippen LogP contribution >= 0.6 is 0 Å². The number of ether oxygens (including phenoxy) is 1. The van der Waals surface area contributed by atoms with Crippen molar-refractivity contribution in [2.75, 3.05) is 43.4 Å². The number of alkyl halides is 3. The Labute approximate surface area is 287 Å². The lowest BCUT2D eigenvalue weighted by Gasteiger charge is -2.23. The summed E-state index contributed by atoms with van der Waals surface area (Å²) in [5, 5.41) is 8.84. The molecule has 0 atom stereocenters. The molecule has 0 unspecified atom stereocenters. The van der Waals surface area contributed by atoms with E-state index in [1.54, 1.807) is 48.5 Å². The van der Waals surface area contributed by atoms with Gasteiger partial charge >= 0.3 is 12.2 Å². The molecule has 7 rings (SSSR count). The van der Waals surface area contributed by atoms with E-state index in [2.05, 4.69) is 40.7 Å². The van der Waals surface area contributed by atoms with Crippen LogP contribution in [-0.2, 0) is 15.6 Å². The monoisotopic (exact) mass is 716 g/mol. The Bertz CT molecular complexity index is 1790. The molecular weight excluding hydrogens is 677 g/mol. The average Bonchev–Trinajstić information content (AvgIpc) is 4.01. The van der Waals surface area contributed by atoms with E-state index in [9.17, 15) is 26.4 Å². The molecule has 2 aromatic carbocycles. The molecule has 50 heavy (non-hydrogen) atoms. The van der Waals surface area contributed by atoms with Gasteiger partial charge in [-0.1, -0.05) is 12.1 Å². The van der Waals surface area contributed by atoms with E-state index in [1.807, 2.05) is 0 Å². The van der Waals surface area contributed by atoms with Crippen molar-refractivity contribution < 1.29 is 36.0 Å². The number of sulfonamides is 1. The van der Waals surface area contributed by atoms with Crippen LogP contribution in [0.3, 0.4) is 0 Å². The minimum absolute atomic E-state index is 0.00590. The molecule has 0 bridgehead atoms. The first-order chi connectivity index (χ1) is 23.9. The van der Waals surface area contributed by atoms with Crippen LogP contribution in [0.15, 0.2) is 48.5 Å². The SMILES string of the molecule is O=C(NCC1(CN2CCCC2)CC1)c1ccc(Nc2nc(NC3(c4ccc(ONS(=O)(=O)C5CC5)cc4)CC3)nc(OCC(F)(F)F)n2)cc1. The van der Waals surface area contributed by atoms with Crippen LogP contribution in [0.1, 0.15) is 67.3 Å². The van der Waals surface area contributed by atoms with Gasteiger partial charge in [0.1, 0.15) is 5.75 Å². The maximum atomic E-state index is 13.0. The van der Waals surface area contributed by atoms with Crippen molar-refractivity contribution in [2.45, 2.75) is 68.3 Å². The van der Waals surface area contributed by atoms with Gasteiger partial charge in [-0.25, -0.2) is 8.42 Å². The van der Waals surface area contributed by atoms with Crippen molar-refractivity contribution in [1.82, 2.24) is 30.1 Å².